The van der Waals surface area contributed by atoms with E-state index in [1.807, 2.05) is 13.8 Å². The van der Waals surface area contributed by atoms with Crippen LogP contribution in [0.4, 0.5) is 0 Å². The number of carbonyl (C=O) groups excluding carboxylic acids is 1. The second-order valence-corrected chi connectivity index (χ2v) is 5.30. The highest BCUT2D eigenvalue weighted by Gasteiger charge is 2.22. The zero-order chi connectivity index (χ0) is 16.7. The van der Waals surface area contributed by atoms with Crippen LogP contribution in [0.3, 0.4) is 0 Å². The van der Waals surface area contributed by atoms with Crippen molar-refractivity contribution in [1.82, 2.24) is 14.4 Å². The molecule has 0 radical (unpaired) electrons. The molecule has 0 aliphatic carbocycles. The maximum absolute atomic E-state index is 11.7. The van der Waals surface area contributed by atoms with Crippen molar-refractivity contribution < 1.29 is 14.3 Å². The lowest BCUT2D eigenvalue weighted by Crippen LogP contribution is -2.37. The Kier molecular flexibility index (Phi) is 7.30. The molecule has 124 valence electrons. The molecule has 0 aliphatic heterocycles. The number of hydrogen-bond acceptors (Lipinski definition) is 6. The standard InChI is InChI=1S/C13H20ClN3O5/c1-8(2)10(16-14)12(19)22-5-4-21-7-17-6-9(3)11(18)15-13(17)20/h6,8,10,16H,4-5,7H2,1-3H3,(H,15,18,20). The number of H-pyrrole nitrogens is 1. The van der Waals surface area contributed by atoms with E-state index in [9.17, 15) is 14.4 Å². The van der Waals surface area contributed by atoms with Crippen LogP contribution >= 0.6 is 11.8 Å². The Morgan fingerprint density at radius 3 is 2.68 bits per heavy atom. The second-order valence-electron chi connectivity index (χ2n) is 5.08. The quantitative estimate of drug-likeness (QED) is 0.398. The maximum Gasteiger partial charge on any atom is 0.330 e. The minimum absolute atomic E-state index is 0.00591. The number of aromatic amines is 1. The van der Waals surface area contributed by atoms with Gasteiger partial charge in [0.15, 0.2) is 0 Å². The van der Waals surface area contributed by atoms with Crippen LogP contribution in [-0.4, -0.2) is 34.8 Å². The van der Waals surface area contributed by atoms with Crippen LogP contribution in [0.1, 0.15) is 19.4 Å². The van der Waals surface area contributed by atoms with Gasteiger partial charge in [-0.15, -0.1) is 0 Å². The van der Waals surface area contributed by atoms with Crippen molar-refractivity contribution in [3.05, 3.63) is 32.6 Å². The fourth-order valence-electron chi connectivity index (χ4n) is 1.61. The Morgan fingerprint density at radius 2 is 2.09 bits per heavy atom. The summed E-state index contributed by atoms with van der Waals surface area (Å²) in [6.45, 7) is 5.36. The smallest absolute Gasteiger partial charge is 0.330 e. The first-order valence-electron chi connectivity index (χ1n) is 6.77. The van der Waals surface area contributed by atoms with Crippen molar-refractivity contribution >= 4 is 17.7 Å². The number of ether oxygens (including phenoxy) is 2. The minimum Gasteiger partial charge on any atom is -0.462 e. The molecule has 0 spiro atoms. The van der Waals surface area contributed by atoms with E-state index in [1.165, 1.54) is 10.8 Å². The molecule has 1 unspecified atom stereocenters. The molecule has 8 nitrogen and oxygen atoms in total. The molecule has 0 aromatic carbocycles. The maximum atomic E-state index is 11.7. The van der Waals surface area contributed by atoms with E-state index in [1.54, 1.807) is 6.92 Å². The number of rotatable bonds is 8. The molecule has 0 amide bonds. The fraction of sp³-hybridized carbons (Fsp3) is 0.615. The summed E-state index contributed by atoms with van der Waals surface area (Å²) in [5.74, 6) is -0.473. The van der Waals surface area contributed by atoms with E-state index >= 15 is 0 Å². The van der Waals surface area contributed by atoms with Crippen molar-refractivity contribution in [2.75, 3.05) is 13.2 Å². The monoisotopic (exact) mass is 333 g/mol. The molecule has 0 saturated heterocycles. The van der Waals surface area contributed by atoms with Gasteiger partial charge in [-0.2, -0.15) is 0 Å². The van der Waals surface area contributed by atoms with Crippen LogP contribution in [0.25, 0.3) is 0 Å². The highest BCUT2D eigenvalue weighted by molar-refractivity contribution is 6.14. The Bertz CT molecular complexity index is 610. The number of halogens is 1. The molecule has 1 aromatic rings. The Balaban J connectivity index is 2.38. The first-order valence-corrected chi connectivity index (χ1v) is 7.15. The average molecular weight is 334 g/mol. The molecule has 9 heteroatoms. The molecular formula is C13H20ClN3O5. The second kappa shape index (κ2) is 8.72. The normalized spacial score (nSPS) is 12.4. The Morgan fingerprint density at radius 1 is 1.41 bits per heavy atom. The van der Waals surface area contributed by atoms with Gasteiger partial charge in [-0.25, -0.2) is 9.63 Å². The van der Waals surface area contributed by atoms with Gasteiger partial charge in [0.1, 0.15) is 19.4 Å². The lowest BCUT2D eigenvalue weighted by Gasteiger charge is -2.17. The van der Waals surface area contributed by atoms with Crippen LogP contribution in [-0.2, 0) is 21.0 Å². The van der Waals surface area contributed by atoms with Crippen molar-refractivity contribution in [2.24, 2.45) is 5.92 Å². The number of aromatic nitrogens is 2. The van der Waals surface area contributed by atoms with Crippen molar-refractivity contribution in [3.63, 3.8) is 0 Å². The lowest BCUT2D eigenvalue weighted by atomic mass is 10.1. The molecule has 0 saturated carbocycles. The van der Waals surface area contributed by atoms with Crippen molar-refractivity contribution in [1.29, 1.82) is 0 Å². The highest BCUT2D eigenvalue weighted by atomic mass is 35.5. The molecule has 0 bridgehead atoms. The van der Waals surface area contributed by atoms with Gasteiger partial charge >= 0.3 is 11.7 Å². The van der Waals surface area contributed by atoms with Crippen LogP contribution in [0.15, 0.2) is 15.8 Å². The predicted molar refractivity (Wildman–Crippen MR) is 80.6 cm³/mol. The third-order valence-electron chi connectivity index (χ3n) is 2.93. The van der Waals surface area contributed by atoms with Gasteiger partial charge in [0.25, 0.3) is 5.56 Å². The minimum atomic E-state index is -0.592. The molecule has 22 heavy (non-hydrogen) atoms. The molecule has 0 aliphatic rings. The average Bonchev–Trinajstić information content (AvgIpc) is 2.44. The van der Waals surface area contributed by atoms with Gasteiger partial charge < -0.3 is 9.47 Å². The highest BCUT2D eigenvalue weighted by Crippen LogP contribution is 2.04. The summed E-state index contributed by atoms with van der Waals surface area (Å²) >= 11 is 5.47. The molecule has 1 aromatic heterocycles. The third kappa shape index (κ3) is 5.28. The van der Waals surface area contributed by atoms with Gasteiger partial charge in [0.05, 0.1) is 6.61 Å². The SMILES string of the molecule is Cc1cn(COCCOC(=O)C(NCl)C(C)C)c(=O)[nH]c1=O. The molecule has 1 rings (SSSR count). The van der Waals surface area contributed by atoms with Crippen molar-refractivity contribution in [2.45, 2.75) is 33.5 Å². The third-order valence-corrected chi connectivity index (χ3v) is 3.16. The molecule has 2 N–H and O–H groups in total. The number of hydrogen-bond donors (Lipinski definition) is 2. The zero-order valence-electron chi connectivity index (χ0n) is 12.7. The topological polar surface area (TPSA) is 102 Å². The van der Waals surface area contributed by atoms with Crippen LogP contribution in [0, 0.1) is 12.8 Å². The van der Waals surface area contributed by atoms with E-state index in [0.717, 1.165) is 0 Å². The van der Waals surface area contributed by atoms with E-state index in [4.69, 9.17) is 21.3 Å². The van der Waals surface area contributed by atoms with E-state index in [0.29, 0.717) is 5.56 Å². The summed E-state index contributed by atoms with van der Waals surface area (Å²) in [5, 5.41) is 0. The number of aryl methyl sites for hydroxylation is 1. The predicted octanol–water partition coefficient (Wildman–Crippen LogP) is 0.130. The van der Waals surface area contributed by atoms with Crippen LogP contribution in [0.2, 0.25) is 0 Å². The summed E-state index contributed by atoms with van der Waals surface area (Å²) in [7, 11) is 0. The zero-order valence-corrected chi connectivity index (χ0v) is 13.5. The lowest BCUT2D eigenvalue weighted by molar-refractivity contribution is -0.148. The first kappa shape index (κ1) is 18.4. The van der Waals surface area contributed by atoms with Gasteiger partial charge in [-0.1, -0.05) is 13.8 Å². The summed E-state index contributed by atoms with van der Waals surface area (Å²) in [4.78, 5) is 38.9. The van der Waals surface area contributed by atoms with Crippen LogP contribution in [0.5, 0.6) is 0 Å². The Hall–Kier alpha value is -1.64. The molecule has 1 atom stereocenters. The summed E-state index contributed by atoms with van der Waals surface area (Å²) in [5.41, 5.74) is -0.579. The summed E-state index contributed by atoms with van der Waals surface area (Å²) in [6, 6.07) is -0.592. The van der Waals surface area contributed by atoms with Gasteiger partial charge in [-0.05, 0) is 24.6 Å². The number of nitrogens with one attached hydrogen (secondary N) is 2. The van der Waals surface area contributed by atoms with Gasteiger partial charge in [0.2, 0.25) is 0 Å². The van der Waals surface area contributed by atoms with Gasteiger partial charge in [-0.3, -0.25) is 19.1 Å². The number of carbonyl (C=O) groups is 1. The number of esters is 1. The summed E-state index contributed by atoms with van der Waals surface area (Å²) in [6.07, 6.45) is 1.40. The van der Waals surface area contributed by atoms with Crippen molar-refractivity contribution in [3.8, 4) is 0 Å². The Labute approximate surface area is 132 Å². The van der Waals surface area contributed by atoms with E-state index < -0.39 is 23.3 Å². The fourth-order valence-corrected chi connectivity index (χ4v) is 1.95. The largest absolute Gasteiger partial charge is 0.462 e. The van der Waals surface area contributed by atoms with E-state index in [-0.39, 0.29) is 25.9 Å². The van der Waals surface area contributed by atoms with Crippen LogP contribution < -0.4 is 16.1 Å². The van der Waals surface area contributed by atoms with E-state index in [2.05, 4.69) is 9.82 Å². The van der Waals surface area contributed by atoms with Gasteiger partial charge in [0, 0.05) is 11.8 Å². The summed E-state index contributed by atoms with van der Waals surface area (Å²) < 4.78 is 11.5. The molecule has 1 heterocycles. The molecular weight excluding hydrogens is 314 g/mol. The number of nitrogens with zero attached hydrogens (tertiary/aromatic N) is 1. The molecule has 0 fully saturated rings. The first-order chi connectivity index (χ1) is 10.4.